The number of rotatable bonds is 5. The van der Waals surface area contributed by atoms with E-state index < -0.39 is 12.0 Å². The maximum atomic E-state index is 12.0. The molecule has 1 aromatic rings. The Morgan fingerprint density at radius 1 is 1.25 bits per heavy atom. The highest BCUT2D eigenvalue weighted by Crippen LogP contribution is 2.37. The lowest BCUT2D eigenvalue weighted by Gasteiger charge is -2.43. The molecule has 112 valence electrons. The topological polar surface area (TPSA) is 38.7 Å². The van der Waals surface area contributed by atoms with E-state index in [0.29, 0.717) is 25.9 Å². The number of alkyl halides is 3. The maximum Gasteiger partial charge on any atom is 0.573 e. The van der Waals surface area contributed by atoms with Crippen LogP contribution in [0.5, 0.6) is 5.75 Å². The van der Waals surface area contributed by atoms with Crippen LogP contribution in [0, 0.1) is 0 Å². The van der Waals surface area contributed by atoms with Gasteiger partial charge in [-0.05, 0) is 24.6 Å². The molecule has 0 radical (unpaired) electrons. The fourth-order valence-corrected chi connectivity index (χ4v) is 2.47. The molecule has 1 fully saturated rings. The molecule has 0 amide bonds. The van der Waals surface area contributed by atoms with Gasteiger partial charge >= 0.3 is 6.36 Å². The molecule has 0 heterocycles. The van der Waals surface area contributed by atoms with Crippen molar-refractivity contribution in [2.24, 2.45) is 0 Å². The van der Waals surface area contributed by atoms with E-state index in [1.54, 1.807) is 0 Å². The largest absolute Gasteiger partial charge is 0.573 e. The lowest BCUT2D eigenvalue weighted by atomic mass is 9.73. The van der Waals surface area contributed by atoms with Gasteiger partial charge in [-0.1, -0.05) is 12.1 Å². The average molecular weight is 290 g/mol. The van der Waals surface area contributed by atoms with Gasteiger partial charge in [-0.3, -0.25) is 0 Å². The third-order valence-corrected chi connectivity index (χ3v) is 3.31. The second kappa shape index (κ2) is 5.61. The molecule has 0 aliphatic heterocycles. The summed E-state index contributed by atoms with van der Waals surface area (Å²) in [5.41, 5.74) is -0.0383. The lowest BCUT2D eigenvalue weighted by molar-refractivity contribution is -0.274. The molecule has 0 bridgehead atoms. The Balaban J connectivity index is 1.88. The van der Waals surface area contributed by atoms with E-state index in [9.17, 15) is 18.3 Å². The molecule has 1 N–H and O–H groups in total. The van der Waals surface area contributed by atoms with Gasteiger partial charge in [0.1, 0.15) is 5.75 Å². The third-order valence-electron chi connectivity index (χ3n) is 3.31. The number of ether oxygens (including phenoxy) is 2. The van der Waals surface area contributed by atoms with Crippen molar-refractivity contribution in [1.82, 2.24) is 0 Å². The highest BCUT2D eigenvalue weighted by atomic mass is 19.4. The normalized spacial score (nSPS) is 26.1. The Labute approximate surface area is 115 Å². The second-order valence-electron chi connectivity index (χ2n) is 5.08. The summed E-state index contributed by atoms with van der Waals surface area (Å²) in [7, 11) is 0. The van der Waals surface area contributed by atoms with Crippen LogP contribution in [0.4, 0.5) is 13.2 Å². The molecule has 1 saturated carbocycles. The predicted octanol–water partition coefficient (Wildman–Crippen LogP) is 3.06. The van der Waals surface area contributed by atoms with Crippen LogP contribution in [-0.4, -0.2) is 29.8 Å². The molecule has 6 heteroatoms. The van der Waals surface area contributed by atoms with Crippen molar-refractivity contribution in [3.63, 3.8) is 0 Å². The van der Waals surface area contributed by atoms with Crippen molar-refractivity contribution >= 4 is 0 Å². The molecule has 0 saturated heterocycles. The van der Waals surface area contributed by atoms with E-state index in [4.69, 9.17) is 4.74 Å². The van der Waals surface area contributed by atoms with Crippen molar-refractivity contribution in [2.75, 3.05) is 6.61 Å². The monoisotopic (exact) mass is 290 g/mol. The van der Waals surface area contributed by atoms with E-state index in [0.717, 1.165) is 5.56 Å². The number of hydrogen-bond acceptors (Lipinski definition) is 3. The fraction of sp³-hybridized carbons (Fsp3) is 0.571. The smallest absolute Gasteiger partial charge is 0.406 e. The van der Waals surface area contributed by atoms with Crippen LogP contribution >= 0.6 is 0 Å². The Kier molecular flexibility index (Phi) is 4.25. The first-order valence-electron chi connectivity index (χ1n) is 6.48. The fourth-order valence-electron chi connectivity index (χ4n) is 2.47. The zero-order valence-corrected chi connectivity index (χ0v) is 11.1. The number of benzene rings is 1. The van der Waals surface area contributed by atoms with Crippen LogP contribution in [-0.2, 0) is 11.2 Å². The molecule has 0 spiro atoms. The highest BCUT2D eigenvalue weighted by Gasteiger charge is 2.43. The Hall–Kier alpha value is -1.27. The van der Waals surface area contributed by atoms with E-state index in [1.165, 1.54) is 24.3 Å². The summed E-state index contributed by atoms with van der Waals surface area (Å²) < 4.78 is 45.2. The first kappa shape index (κ1) is 15.1. The number of hydrogen-bond donors (Lipinski definition) is 1. The van der Waals surface area contributed by atoms with Gasteiger partial charge in [-0.2, -0.15) is 0 Å². The Morgan fingerprint density at radius 3 is 2.35 bits per heavy atom. The first-order valence-corrected chi connectivity index (χ1v) is 6.48. The predicted molar refractivity (Wildman–Crippen MR) is 66.4 cm³/mol. The summed E-state index contributed by atoms with van der Waals surface area (Å²) in [6, 6.07) is 5.58. The van der Waals surface area contributed by atoms with Crippen LogP contribution in [0.1, 0.15) is 25.3 Å². The van der Waals surface area contributed by atoms with E-state index in [2.05, 4.69) is 4.74 Å². The van der Waals surface area contributed by atoms with Gasteiger partial charge < -0.3 is 14.6 Å². The van der Waals surface area contributed by atoms with Gasteiger partial charge in [-0.25, -0.2) is 0 Å². The standard InChI is InChI=1S/C14H17F3O3/c1-2-19-12-8-13(18,9-12)7-10-3-5-11(6-4-10)20-14(15,16)17/h3-6,12,18H,2,7-9H2,1H3. The van der Waals surface area contributed by atoms with Crippen LogP contribution in [0.15, 0.2) is 24.3 Å². The minimum atomic E-state index is -4.68. The maximum absolute atomic E-state index is 12.0. The lowest BCUT2D eigenvalue weighted by Crippen LogP contribution is -2.49. The van der Waals surface area contributed by atoms with Gasteiger partial charge in [0.05, 0.1) is 11.7 Å². The van der Waals surface area contributed by atoms with Crippen molar-refractivity contribution in [3.8, 4) is 5.75 Å². The van der Waals surface area contributed by atoms with E-state index >= 15 is 0 Å². The summed E-state index contributed by atoms with van der Waals surface area (Å²) in [4.78, 5) is 0. The Morgan fingerprint density at radius 2 is 1.85 bits per heavy atom. The van der Waals surface area contributed by atoms with Crippen molar-refractivity contribution in [2.45, 2.75) is 44.3 Å². The van der Waals surface area contributed by atoms with E-state index in [1.807, 2.05) is 6.92 Å². The number of aliphatic hydroxyl groups is 1. The van der Waals surface area contributed by atoms with Gasteiger partial charge in [-0.15, -0.1) is 13.2 Å². The Bertz CT molecular complexity index is 436. The zero-order chi connectivity index (χ0) is 14.8. The minimum Gasteiger partial charge on any atom is -0.406 e. The molecule has 20 heavy (non-hydrogen) atoms. The molecular formula is C14H17F3O3. The molecule has 1 aromatic carbocycles. The quantitative estimate of drug-likeness (QED) is 0.906. The van der Waals surface area contributed by atoms with Gasteiger partial charge in [0, 0.05) is 25.9 Å². The summed E-state index contributed by atoms with van der Waals surface area (Å²) in [5, 5.41) is 10.2. The first-order chi connectivity index (χ1) is 9.30. The van der Waals surface area contributed by atoms with Gasteiger partial charge in [0.2, 0.25) is 0 Å². The molecular weight excluding hydrogens is 273 g/mol. The molecule has 0 unspecified atom stereocenters. The number of halogens is 3. The molecule has 0 aromatic heterocycles. The molecule has 1 aliphatic rings. The van der Waals surface area contributed by atoms with Crippen molar-refractivity contribution in [1.29, 1.82) is 0 Å². The summed E-state index contributed by atoms with van der Waals surface area (Å²) in [5.74, 6) is -0.256. The summed E-state index contributed by atoms with van der Waals surface area (Å²) in [6.07, 6.45) is -3.08. The van der Waals surface area contributed by atoms with Gasteiger partial charge in [0.15, 0.2) is 0 Å². The van der Waals surface area contributed by atoms with Crippen LogP contribution in [0.25, 0.3) is 0 Å². The zero-order valence-electron chi connectivity index (χ0n) is 11.1. The van der Waals surface area contributed by atoms with Crippen molar-refractivity contribution in [3.05, 3.63) is 29.8 Å². The molecule has 3 nitrogen and oxygen atoms in total. The van der Waals surface area contributed by atoms with Gasteiger partial charge in [0.25, 0.3) is 0 Å². The van der Waals surface area contributed by atoms with Crippen LogP contribution in [0.2, 0.25) is 0 Å². The summed E-state index contributed by atoms with van der Waals surface area (Å²) >= 11 is 0. The summed E-state index contributed by atoms with van der Waals surface area (Å²) in [6.45, 7) is 2.51. The highest BCUT2D eigenvalue weighted by molar-refractivity contribution is 5.28. The SMILES string of the molecule is CCOC1CC(O)(Cc2ccc(OC(F)(F)F)cc2)C1. The van der Waals surface area contributed by atoms with Crippen LogP contribution < -0.4 is 4.74 Å². The molecule has 0 atom stereocenters. The van der Waals surface area contributed by atoms with Crippen molar-refractivity contribution < 1.29 is 27.8 Å². The van der Waals surface area contributed by atoms with Crippen LogP contribution in [0.3, 0.4) is 0 Å². The molecule has 1 aliphatic carbocycles. The van der Waals surface area contributed by atoms with E-state index in [-0.39, 0.29) is 11.9 Å². The minimum absolute atomic E-state index is 0.0813. The average Bonchev–Trinajstić information content (AvgIpc) is 2.28. The second-order valence-corrected chi connectivity index (χ2v) is 5.08. The molecule has 2 rings (SSSR count). The third kappa shape index (κ3) is 4.11.